The molecule has 0 bridgehead atoms. The molecule has 0 aromatic heterocycles. The van der Waals surface area contributed by atoms with E-state index in [1.807, 2.05) is 13.8 Å². The lowest BCUT2D eigenvalue weighted by Gasteiger charge is -2.37. The molecule has 1 rings (SSSR count). The average molecular weight is 283 g/mol. The molecule has 0 aromatic rings. The second kappa shape index (κ2) is 7.62. The van der Waals surface area contributed by atoms with Gasteiger partial charge in [0.2, 0.25) is 11.8 Å². The van der Waals surface area contributed by atoms with E-state index in [1.165, 1.54) is 0 Å². The minimum absolute atomic E-state index is 0.0132. The molecule has 0 spiro atoms. The van der Waals surface area contributed by atoms with Crippen LogP contribution in [0.1, 0.15) is 46.5 Å². The number of hydrogen-bond acceptors (Lipinski definition) is 3. The summed E-state index contributed by atoms with van der Waals surface area (Å²) in [5, 5.41) is 5.71. The lowest BCUT2D eigenvalue weighted by atomic mass is 9.70. The van der Waals surface area contributed by atoms with Gasteiger partial charge in [-0.05, 0) is 31.6 Å². The maximum atomic E-state index is 12.3. The van der Waals surface area contributed by atoms with Crippen molar-refractivity contribution in [3.63, 3.8) is 0 Å². The Morgan fingerprint density at radius 1 is 1.20 bits per heavy atom. The van der Waals surface area contributed by atoms with Crippen molar-refractivity contribution in [2.45, 2.75) is 46.5 Å². The van der Waals surface area contributed by atoms with Gasteiger partial charge in [-0.15, -0.1) is 0 Å². The van der Waals surface area contributed by atoms with Crippen LogP contribution in [0.15, 0.2) is 0 Å². The molecule has 116 valence electrons. The summed E-state index contributed by atoms with van der Waals surface area (Å²) >= 11 is 0. The van der Waals surface area contributed by atoms with Gasteiger partial charge in [-0.2, -0.15) is 0 Å². The van der Waals surface area contributed by atoms with E-state index in [2.05, 4.69) is 17.6 Å². The minimum atomic E-state index is -0.394. The van der Waals surface area contributed by atoms with Crippen LogP contribution in [0.2, 0.25) is 0 Å². The molecule has 5 heteroatoms. The van der Waals surface area contributed by atoms with Crippen LogP contribution in [0, 0.1) is 17.3 Å². The summed E-state index contributed by atoms with van der Waals surface area (Å²) in [6.07, 6.45) is 3.87. The third kappa shape index (κ3) is 4.47. The van der Waals surface area contributed by atoms with Gasteiger partial charge >= 0.3 is 0 Å². The Morgan fingerprint density at radius 2 is 1.75 bits per heavy atom. The molecule has 1 saturated carbocycles. The summed E-state index contributed by atoms with van der Waals surface area (Å²) in [5.41, 5.74) is 5.45. The molecule has 0 atom stereocenters. The highest BCUT2D eigenvalue weighted by Crippen LogP contribution is 2.38. The number of rotatable bonds is 6. The van der Waals surface area contributed by atoms with Crippen molar-refractivity contribution < 1.29 is 9.59 Å². The molecular formula is C15H29N3O2. The number of carbonyl (C=O) groups is 2. The van der Waals surface area contributed by atoms with Crippen LogP contribution in [0.25, 0.3) is 0 Å². The fraction of sp³-hybridized carbons (Fsp3) is 0.867. The normalized spacial score (nSPS) is 26.4. The van der Waals surface area contributed by atoms with Crippen LogP contribution in [-0.2, 0) is 9.59 Å². The zero-order valence-corrected chi connectivity index (χ0v) is 13.0. The zero-order valence-electron chi connectivity index (χ0n) is 13.0. The monoisotopic (exact) mass is 283 g/mol. The van der Waals surface area contributed by atoms with Crippen molar-refractivity contribution in [1.82, 2.24) is 10.6 Å². The molecule has 4 N–H and O–H groups in total. The van der Waals surface area contributed by atoms with Crippen molar-refractivity contribution in [2.75, 3.05) is 19.6 Å². The molecule has 1 fully saturated rings. The summed E-state index contributed by atoms with van der Waals surface area (Å²) in [7, 11) is 0. The van der Waals surface area contributed by atoms with Crippen molar-refractivity contribution >= 4 is 11.8 Å². The Balaban J connectivity index is 2.35. The van der Waals surface area contributed by atoms with Crippen molar-refractivity contribution in [3.05, 3.63) is 0 Å². The van der Waals surface area contributed by atoms with E-state index in [-0.39, 0.29) is 17.7 Å². The number of nitrogens with two attached hydrogens (primary N) is 1. The largest absolute Gasteiger partial charge is 0.354 e. The van der Waals surface area contributed by atoms with Gasteiger partial charge in [0.1, 0.15) is 0 Å². The maximum absolute atomic E-state index is 12.3. The van der Waals surface area contributed by atoms with Gasteiger partial charge in [-0.3, -0.25) is 9.59 Å². The standard InChI is InChI=1S/C15H29N3O2/c1-11(2)13(19)17-8-9-18-14(20)15(10-16)6-4-12(3)5-7-15/h11-12H,4-10,16H2,1-3H3,(H,17,19)(H,18,20). The summed E-state index contributed by atoms with van der Waals surface area (Å²) in [4.78, 5) is 23.7. The second-order valence-electron chi connectivity index (χ2n) is 6.37. The van der Waals surface area contributed by atoms with E-state index in [1.54, 1.807) is 0 Å². The van der Waals surface area contributed by atoms with Gasteiger partial charge in [0.05, 0.1) is 5.41 Å². The van der Waals surface area contributed by atoms with Crippen LogP contribution >= 0.6 is 0 Å². The summed E-state index contributed by atoms with van der Waals surface area (Å²) in [6.45, 7) is 7.26. The van der Waals surface area contributed by atoms with Crippen LogP contribution < -0.4 is 16.4 Å². The third-order valence-electron chi connectivity index (χ3n) is 4.34. The van der Waals surface area contributed by atoms with E-state index >= 15 is 0 Å². The first-order valence-corrected chi connectivity index (χ1v) is 7.67. The topological polar surface area (TPSA) is 84.2 Å². The van der Waals surface area contributed by atoms with Crippen LogP contribution in [-0.4, -0.2) is 31.4 Å². The Hall–Kier alpha value is -1.10. The van der Waals surface area contributed by atoms with Crippen molar-refractivity contribution in [1.29, 1.82) is 0 Å². The average Bonchev–Trinajstić information content (AvgIpc) is 2.44. The molecule has 0 unspecified atom stereocenters. The van der Waals surface area contributed by atoms with E-state index in [0.29, 0.717) is 25.6 Å². The molecule has 5 nitrogen and oxygen atoms in total. The predicted molar refractivity (Wildman–Crippen MR) is 80.0 cm³/mol. The van der Waals surface area contributed by atoms with Gasteiger partial charge in [0.15, 0.2) is 0 Å². The minimum Gasteiger partial charge on any atom is -0.354 e. The first-order valence-electron chi connectivity index (χ1n) is 7.67. The summed E-state index contributed by atoms with van der Waals surface area (Å²) in [5.74, 6) is 0.721. The van der Waals surface area contributed by atoms with Gasteiger partial charge in [0, 0.05) is 25.6 Å². The van der Waals surface area contributed by atoms with Gasteiger partial charge < -0.3 is 16.4 Å². The summed E-state index contributed by atoms with van der Waals surface area (Å²) in [6, 6.07) is 0. The zero-order chi connectivity index (χ0) is 15.2. The number of amides is 2. The highest BCUT2D eigenvalue weighted by atomic mass is 16.2. The molecule has 0 aromatic carbocycles. The maximum Gasteiger partial charge on any atom is 0.227 e. The first kappa shape index (κ1) is 17.0. The Bertz CT molecular complexity index is 334. The van der Waals surface area contributed by atoms with Crippen molar-refractivity contribution in [3.8, 4) is 0 Å². The fourth-order valence-corrected chi connectivity index (χ4v) is 2.59. The first-order chi connectivity index (χ1) is 9.41. The predicted octanol–water partition coefficient (Wildman–Crippen LogP) is 1.03. The molecule has 20 heavy (non-hydrogen) atoms. The number of carbonyl (C=O) groups excluding carboxylic acids is 2. The highest BCUT2D eigenvalue weighted by Gasteiger charge is 2.39. The smallest absolute Gasteiger partial charge is 0.227 e. The van der Waals surface area contributed by atoms with Crippen molar-refractivity contribution in [2.24, 2.45) is 23.0 Å². The quantitative estimate of drug-likeness (QED) is 0.637. The molecule has 0 heterocycles. The molecule has 0 aliphatic heterocycles. The van der Waals surface area contributed by atoms with E-state index in [9.17, 15) is 9.59 Å². The van der Waals surface area contributed by atoms with Crippen LogP contribution in [0.4, 0.5) is 0 Å². The number of hydrogen-bond donors (Lipinski definition) is 3. The number of nitrogens with one attached hydrogen (secondary N) is 2. The fourth-order valence-electron chi connectivity index (χ4n) is 2.59. The molecular weight excluding hydrogens is 254 g/mol. The van der Waals surface area contributed by atoms with E-state index in [0.717, 1.165) is 25.7 Å². The molecule has 2 amide bonds. The van der Waals surface area contributed by atoms with Crippen LogP contribution in [0.5, 0.6) is 0 Å². The molecule has 0 radical (unpaired) electrons. The highest BCUT2D eigenvalue weighted by molar-refractivity contribution is 5.83. The lowest BCUT2D eigenvalue weighted by Crippen LogP contribution is -2.49. The third-order valence-corrected chi connectivity index (χ3v) is 4.34. The Morgan fingerprint density at radius 3 is 2.25 bits per heavy atom. The van der Waals surface area contributed by atoms with Crippen LogP contribution in [0.3, 0.4) is 0 Å². The van der Waals surface area contributed by atoms with Gasteiger partial charge in [-0.1, -0.05) is 20.8 Å². The molecule has 0 saturated heterocycles. The molecule has 1 aliphatic carbocycles. The van der Waals surface area contributed by atoms with Gasteiger partial charge in [-0.25, -0.2) is 0 Å². The second-order valence-corrected chi connectivity index (χ2v) is 6.37. The lowest BCUT2D eigenvalue weighted by molar-refractivity contribution is -0.133. The van der Waals surface area contributed by atoms with Gasteiger partial charge in [0.25, 0.3) is 0 Å². The van der Waals surface area contributed by atoms with E-state index < -0.39 is 5.41 Å². The SMILES string of the molecule is CC1CCC(CN)(C(=O)NCCNC(=O)C(C)C)CC1. The van der Waals surface area contributed by atoms with E-state index in [4.69, 9.17) is 5.73 Å². The summed E-state index contributed by atoms with van der Waals surface area (Å²) < 4.78 is 0. The Kier molecular flexibility index (Phi) is 6.46. The Labute approximate surface area is 122 Å². The molecule has 1 aliphatic rings.